The molecule has 6 nitrogen and oxygen atoms in total. The lowest BCUT2D eigenvalue weighted by Gasteiger charge is -2.02. The molecular formula is C24H18N4O2. The van der Waals surface area contributed by atoms with Crippen LogP contribution >= 0.6 is 0 Å². The first-order chi connectivity index (χ1) is 14.6. The Labute approximate surface area is 174 Å². The lowest BCUT2D eigenvalue weighted by Crippen LogP contribution is -1.85. The van der Waals surface area contributed by atoms with Crippen molar-refractivity contribution in [3.63, 3.8) is 0 Å². The van der Waals surface area contributed by atoms with Crippen LogP contribution in [0.4, 0.5) is 22.7 Å². The first kappa shape index (κ1) is 20.5. The van der Waals surface area contributed by atoms with Crippen molar-refractivity contribution in [1.29, 1.82) is 0 Å². The van der Waals surface area contributed by atoms with E-state index in [9.17, 15) is 9.59 Å². The van der Waals surface area contributed by atoms with Crippen molar-refractivity contribution >= 4 is 47.3 Å². The molecule has 0 spiro atoms. The lowest BCUT2D eigenvalue weighted by atomic mass is 10.1. The maximum atomic E-state index is 10.3. The van der Waals surface area contributed by atoms with Crippen molar-refractivity contribution in [2.75, 3.05) is 0 Å². The molecule has 0 aromatic heterocycles. The Morgan fingerprint density at radius 2 is 1.03 bits per heavy atom. The molecule has 3 aromatic carbocycles. The smallest absolute Gasteiger partial charge is 0.240 e. The number of hydrogen-bond donors (Lipinski definition) is 0. The second-order valence-electron chi connectivity index (χ2n) is 6.53. The summed E-state index contributed by atoms with van der Waals surface area (Å²) in [6.45, 7) is 3.83. The summed E-state index contributed by atoms with van der Waals surface area (Å²) in [7, 11) is 0. The van der Waals surface area contributed by atoms with Gasteiger partial charge in [0, 0.05) is 12.4 Å². The zero-order chi connectivity index (χ0) is 21.3. The normalized spacial score (nSPS) is 10.7. The summed E-state index contributed by atoms with van der Waals surface area (Å²) in [6, 6.07) is 18.5. The first-order valence-electron chi connectivity index (χ1n) is 9.14. The van der Waals surface area contributed by atoms with Gasteiger partial charge in [0.15, 0.2) is 0 Å². The number of nitrogens with zero attached hydrogens (tertiary/aromatic N) is 4. The number of rotatable bonds is 6. The largest absolute Gasteiger partial charge is 0.256 e. The monoisotopic (exact) mass is 394 g/mol. The van der Waals surface area contributed by atoms with Crippen LogP contribution in [0, 0.1) is 13.8 Å². The number of benzene rings is 3. The molecule has 30 heavy (non-hydrogen) atoms. The minimum Gasteiger partial charge on any atom is -0.256 e. The van der Waals surface area contributed by atoms with E-state index in [0.29, 0.717) is 11.4 Å². The van der Waals surface area contributed by atoms with Gasteiger partial charge in [-0.05, 0) is 72.5 Å². The lowest BCUT2D eigenvalue weighted by molar-refractivity contribution is 0.564. The van der Waals surface area contributed by atoms with E-state index in [1.165, 1.54) is 12.2 Å². The maximum absolute atomic E-state index is 10.3. The summed E-state index contributed by atoms with van der Waals surface area (Å²) in [5, 5.41) is 0. The number of hydrogen-bond acceptors (Lipinski definition) is 6. The van der Waals surface area contributed by atoms with E-state index < -0.39 is 0 Å². The van der Waals surface area contributed by atoms with E-state index in [1.807, 2.05) is 50.2 Å². The third-order valence-corrected chi connectivity index (χ3v) is 4.35. The fraction of sp³-hybridized carbons (Fsp3) is 0.0833. The number of carbonyl (C=O) groups excluding carboxylic acids is 2. The fourth-order valence-corrected chi connectivity index (χ4v) is 2.77. The van der Waals surface area contributed by atoms with Crippen molar-refractivity contribution in [2.24, 2.45) is 20.0 Å². The molecule has 0 heterocycles. The van der Waals surface area contributed by atoms with Crippen LogP contribution in [0.5, 0.6) is 0 Å². The molecule has 0 aliphatic rings. The molecule has 0 unspecified atom stereocenters. The van der Waals surface area contributed by atoms with Gasteiger partial charge in [0.05, 0.1) is 22.7 Å². The van der Waals surface area contributed by atoms with Crippen molar-refractivity contribution < 1.29 is 9.59 Å². The Hall–Kier alpha value is -4.24. The van der Waals surface area contributed by atoms with Crippen molar-refractivity contribution in [3.8, 4) is 0 Å². The van der Waals surface area contributed by atoms with Crippen molar-refractivity contribution in [1.82, 2.24) is 0 Å². The average molecular weight is 394 g/mol. The van der Waals surface area contributed by atoms with Crippen LogP contribution in [0.2, 0.25) is 0 Å². The summed E-state index contributed by atoms with van der Waals surface area (Å²) in [5.41, 5.74) is 6.49. The van der Waals surface area contributed by atoms with Crippen molar-refractivity contribution in [2.45, 2.75) is 13.8 Å². The second-order valence-corrected chi connectivity index (χ2v) is 6.53. The molecule has 3 rings (SSSR count). The Balaban J connectivity index is 1.71. The molecule has 6 heteroatoms. The Morgan fingerprint density at radius 3 is 1.37 bits per heavy atom. The molecule has 0 bridgehead atoms. The summed E-state index contributed by atoms with van der Waals surface area (Å²) >= 11 is 0. The molecule has 0 radical (unpaired) electrons. The molecule has 0 aliphatic heterocycles. The van der Waals surface area contributed by atoms with E-state index in [-0.39, 0.29) is 0 Å². The van der Waals surface area contributed by atoms with Crippen LogP contribution < -0.4 is 0 Å². The third kappa shape index (κ3) is 5.40. The molecule has 0 amide bonds. The van der Waals surface area contributed by atoms with Crippen LogP contribution in [-0.2, 0) is 9.59 Å². The van der Waals surface area contributed by atoms with Crippen LogP contribution in [0.3, 0.4) is 0 Å². The van der Waals surface area contributed by atoms with Gasteiger partial charge in [-0.15, -0.1) is 0 Å². The summed E-state index contributed by atoms with van der Waals surface area (Å²) < 4.78 is 0. The SMILES string of the molecule is Cc1cc(N=C=O)ccc1N=Cc1ccc(C=Nc2ccc(N=C=O)cc2C)cc1. The standard InChI is InChI=1S/C24H18N4O2/c1-17-11-21(27-15-29)7-9-23(17)25-13-19-3-5-20(6-4-19)14-26-24-10-8-22(28-16-30)12-18(24)2/h3-14H,1-2H3. The predicted molar refractivity (Wildman–Crippen MR) is 119 cm³/mol. The third-order valence-electron chi connectivity index (χ3n) is 4.35. The summed E-state index contributed by atoms with van der Waals surface area (Å²) in [5.74, 6) is 0. The average Bonchev–Trinajstić information content (AvgIpc) is 2.74. The Bertz CT molecular complexity index is 1120. The quantitative estimate of drug-likeness (QED) is 0.394. The highest BCUT2D eigenvalue weighted by molar-refractivity contribution is 5.86. The molecule has 146 valence electrons. The van der Waals surface area contributed by atoms with Crippen LogP contribution in [-0.4, -0.2) is 24.6 Å². The highest BCUT2D eigenvalue weighted by Crippen LogP contribution is 2.25. The van der Waals surface area contributed by atoms with Crippen LogP contribution in [0.25, 0.3) is 0 Å². The molecule has 0 fully saturated rings. The Kier molecular flexibility index (Phi) is 6.70. The highest BCUT2D eigenvalue weighted by Gasteiger charge is 1.99. The van der Waals surface area contributed by atoms with Crippen LogP contribution in [0.15, 0.2) is 80.6 Å². The molecule has 0 aliphatic carbocycles. The van der Waals surface area contributed by atoms with Gasteiger partial charge in [0.25, 0.3) is 0 Å². The minimum absolute atomic E-state index is 0.562. The zero-order valence-corrected chi connectivity index (χ0v) is 16.5. The van der Waals surface area contributed by atoms with Gasteiger partial charge in [0.2, 0.25) is 12.2 Å². The Morgan fingerprint density at radius 1 is 0.633 bits per heavy atom. The van der Waals surface area contributed by atoms with Crippen LogP contribution in [0.1, 0.15) is 22.3 Å². The number of isocyanates is 2. The van der Waals surface area contributed by atoms with Gasteiger partial charge < -0.3 is 0 Å². The van der Waals surface area contributed by atoms with E-state index in [1.54, 1.807) is 36.7 Å². The molecule has 0 saturated carbocycles. The number of aryl methyl sites for hydroxylation is 2. The van der Waals surface area contributed by atoms with Crippen molar-refractivity contribution in [3.05, 3.63) is 82.9 Å². The molecule has 0 atom stereocenters. The highest BCUT2D eigenvalue weighted by atomic mass is 16.1. The minimum atomic E-state index is 0.562. The van der Waals surface area contributed by atoms with E-state index >= 15 is 0 Å². The molecule has 0 saturated heterocycles. The maximum Gasteiger partial charge on any atom is 0.240 e. The summed E-state index contributed by atoms with van der Waals surface area (Å²) in [6.07, 6.45) is 6.63. The molecule has 3 aromatic rings. The zero-order valence-electron chi connectivity index (χ0n) is 16.5. The van der Waals surface area contributed by atoms with E-state index in [4.69, 9.17) is 0 Å². The van der Waals surface area contributed by atoms with E-state index in [2.05, 4.69) is 20.0 Å². The van der Waals surface area contributed by atoms with E-state index in [0.717, 1.165) is 33.6 Å². The van der Waals surface area contributed by atoms with Gasteiger partial charge in [-0.25, -0.2) is 9.59 Å². The van der Waals surface area contributed by atoms with Gasteiger partial charge in [-0.1, -0.05) is 24.3 Å². The van der Waals surface area contributed by atoms with Gasteiger partial charge >= 0.3 is 0 Å². The predicted octanol–water partition coefficient (Wildman–Crippen LogP) is 5.74. The number of aliphatic imine (C=N–C) groups is 4. The fourth-order valence-electron chi connectivity index (χ4n) is 2.77. The van der Waals surface area contributed by atoms with Gasteiger partial charge in [-0.2, -0.15) is 9.98 Å². The molecule has 0 N–H and O–H groups in total. The van der Waals surface area contributed by atoms with Gasteiger partial charge in [0.1, 0.15) is 0 Å². The van der Waals surface area contributed by atoms with Gasteiger partial charge in [-0.3, -0.25) is 9.98 Å². The summed E-state index contributed by atoms with van der Waals surface area (Å²) in [4.78, 5) is 36.9. The first-order valence-corrected chi connectivity index (χ1v) is 9.14. The second kappa shape index (κ2) is 9.80. The molecular weight excluding hydrogens is 376 g/mol. The topological polar surface area (TPSA) is 83.6 Å².